The molecule has 0 N–H and O–H groups in total. The normalized spacial score (nSPS) is 12.7. The van der Waals surface area contributed by atoms with Gasteiger partial charge in [-0.15, -0.1) is 0 Å². The van der Waals surface area contributed by atoms with Crippen molar-refractivity contribution in [2.75, 3.05) is 40.5 Å². The summed E-state index contributed by atoms with van der Waals surface area (Å²) in [6.07, 6.45) is 51.4. The van der Waals surface area contributed by atoms with Crippen LogP contribution in [0.5, 0.6) is 0 Å². The number of rotatable bonds is 50. The highest BCUT2D eigenvalue weighted by atomic mass is 16.7. The van der Waals surface area contributed by atoms with E-state index >= 15 is 0 Å². The van der Waals surface area contributed by atoms with Crippen LogP contribution in [0.15, 0.2) is 48.6 Å². The number of carbonyl (C=O) groups is 4. The lowest BCUT2D eigenvalue weighted by Crippen LogP contribution is -2.37. The Hall–Kier alpha value is -3.40. The van der Waals surface area contributed by atoms with Gasteiger partial charge in [0, 0.05) is 19.4 Å². The van der Waals surface area contributed by atoms with Crippen molar-refractivity contribution in [2.45, 2.75) is 264 Å². The Morgan fingerprint density at radius 1 is 0.420 bits per heavy atom. The Morgan fingerprint density at radius 2 is 0.797 bits per heavy atom. The summed E-state index contributed by atoms with van der Waals surface area (Å²) in [6, 6.07) is 0. The van der Waals surface area contributed by atoms with Crippen molar-refractivity contribution < 1.29 is 42.9 Å². The molecule has 0 radical (unpaired) electrons. The Labute approximate surface area is 423 Å². The third-order valence-corrected chi connectivity index (χ3v) is 12.1. The van der Waals surface area contributed by atoms with Crippen molar-refractivity contribution in [2.24, 2.45) is 0 Å². The number of hydrogen-bond acceptors (Lipinski definition) is 10. The Morgan fingerprint density at radius 3 is 1.23 bits per heavy atom. The molecule has 400 valence electrons. The maximum Gasteiger partial charge on any atom is 0.509 e. The average molecular weight is 972 g/mol. The molecule has 0 aromatic carbocycles. The molecule has 0 rings (SSSR count). The second-order valence-electron chi connectivity index (χ2n) is 19.2. The van der Waals surface area contributed by atoms with Crippen LogP contribution >= 0.6 is 0 Å². The number of esters is 3. The first-order valence-corrected chi connectivity index (χ1v) is 28.3. The highest BCUT2D eigenvalue weighted by Crippen LogP contribution is 2.17. The third kappa shape index (κ3) is 49.4. The number of ether oxygens (including phenoxy) is 5. The molecule has 2 unspecified atom stereocenters. The van der Waals surface area contributed by atoms with Crippen LogP contribution in [0.3, 0.4) is 0 Å². The molecule has 0 aliphatic carbocycles. The van der Waals surface area contributed by atoms with Gasteiger partial charge in [-0.2, -0.15) is 0 Å². The number of unbranched alkanes of at least 4 members (excludes halogenated alkanes) is 25. The van der Waals surface area contributed by atoms with E-state index in [9.17, 15) is 19.2 Å². The molecule has 0 bridgehead atoms. The zero-order chi connectivity index (χ0) is 50.5. The molecule has 0 aliphatic heterocycles. The van der Waals surface area contributed by atoms with E-state index in [1.807, 2.05) is 19.0 Å². The summed E-state index contributed by atoms with van der Waals surface area (Å²) >= 11 is 0. The molecule has 0 spiro atoms. The maximum atomic E-state index is 13.7. The van der Waals surface area contributed by atoms with Crippen molar-refractivity contribution in [1.29, 1.82) is 0 Å². The predicted octanol–water partition coefficient (Wildman–Crippen LogP) is 16.4. The first-order valence-electron chi connectivity index (χ1n) is 28.3. The van der Waals surface area contributed by atoms with Crippen LogP contribution in [0.4, 0.5) is 4.79 Å². The summed E-state index contributed by atoms with van der Waals surface area (Å²) in [5.41, 5.74) is 0. The lowest BCUT2D eigenvalue weighted by Gasteiger charge is -2.22. The van der Waals surface area contributed by atoms with Crippen molar-refractivity contribution in [1.82, 2.24) is 4.90 Å². The third-order valence-electron chi connectivity index (χ3n) is 12.1. The fourth-order valence-electron chi connectivity index (χ4n) is 7.76. The van der Waals surface area contributed by atoms with Crippen LogP contribution in [0.2, 0.25) is 0 Å². The Kier molecular flexibility index (Phi) is 49.8. The minimum Gasteiger partial charge on any atom is -0.462 e. The quantitative estimate of drug-likeness (QED) is 0.0252. The second kappa shape index (κ2) is 52.4. The summed E-state index contributed by atoms with van der Waals surface area (Å²) in [5, 5.41) is 0. The fourth-order valence-corrected chi connectivity index (χ4v) is 7.76. The average Bonchev–Trinajstić information content (AvgIpc) is 3.33. The minimum atomic E-state index is -1.20. The zero-order valence-electron chi connectivity index (χ0n) is 45.2. The number of nitrogens with zero attached hydrogens (tertiary/aromatic N) is 1. The predicted molar refractivity (Wildman–Crippen MR) is 286 cm³/mol. The molecule has 0 aromatic rings. The minimum absolute atomic E-state index is 0.162. The van der Waals surface area contributed by atoms with E-state index < -0.39 is 36.3 Å². The van der Waals surface area contributed by atoms with Crippen molar-refractivity contribution in [3.63, 3.8) is 0 Å². The van der Waals surface area contributed by atoms with Crippen molar-refractivity contribution in [3.8, 4) is 0 Å². The van der Waals surface area contributed by atoms with E-state index in [-0.39, 0.29) is 39.1 Å². The molecule has 0 saturated heterocycles. The molecular formula is C59H105NO9. The lowest BCUT2D eigenvalue weighted by molar-refractivity contribution is -0.174. The lowest BCUT2D eigenvalue weighted by atomic mass is 10.0. The molecule has 0 amide bonds. The van der Waals surface area contributed by atoms with Gasteiger partial charge in [-0.25, -0.2) is 9.59 Å². The molecule has 0 saturated carbocycles. The summed E-state index contributed by atoms with van der Waals surface area (Å²) in [4.78, 5) is 54.1. The molecule has 69 heavy (non-hydrogen) atoms. The number of allylic oxidation sites excluding steroid dienone is 8. The van der Waals surface area contributed by atoms with Crippen LogP contribution in [0.25, 0.3) is 0 Å². The van der Waals surface area contributed by atoms with Crippen molar-refractivity contribution in [3.05, 3.63) is 48.6 Å². The van der Waals surface area contributed by atoms with Crippen LogP contribution in [0, 0.1) is 0 Å². The molecule has 2 atom stereocenters. The summed E-state index contributed by atoms with van der Waals surface area (Å²) < 4.78 is 27.9. The zero-order valence-corrected chi connectivity index (χ0v) is 45.2. The van der Waals surface area contributed by atoms with Gasteiger partial charge < -0.3 is 28.6 Å². The van der Waals surface area contributed by atoms with Gasteiger partial charge in [-0.3, -0.25) is 9.59 Å². The second-order valence-corrected chi connectivity index (χ2v) is 19.2. The van der Waals surface area contributed by atoms with Gasteiger partial charge in [0.25, 0.3) is 0 Å². The molecule has 0 heterocycles. The number of carbonyl (C=O) groups excluding carboxylic acids is 4. The molecule has 0 fully saturated rings. The fraction of sp³-hybridized carbons (Fsp3) is 0.797. The van der Waals surface area contributed by atoms with Crippen LogP contribution in [0.1, 0.15) is 252 Å². The van der Waals surface area contributed by atoms with Gasteiger partial charge >= 0.3 is 24.1 Å². The SMILES string of the molecule is CCCCCC=CCC=CCCCCCCCC(=O)OCC(COC(=O)CCCCCCC/C=C\C/C=C\CCCCC)OC(=O)C(CCCCCCCCCCCC)OC(=O)OCCCN(C)C. The van der Waals surface area contributed by atoms with Gasteiger partial charge in [0.15, 0.2) is 6.10 Å². The maximum absolute atomic E-state index is 13.7. The van der Waals surface area contributed by atoms with Crippen LogP contribution in [-0.2, 0) is 38.1 Å². The van der Waals surface area contributed by atoms with Gasteiger partial charge in [-0.1, -0.05) is 191 Å². The standard InChI is InChI=1S/C59H105NO9/c1-6-9-12-15-18-21-24-26-28-30-32-35-38-41-44-48-56(61)66-52-54(53-67-57(62)49-45-42-39-36-33-31-29-27-25-22-19-16-13-10-7-2)68-58(63)55(69-59(64)65-51-46-50-60(4)5)47-43-40-37-34-23-20-17-14-11-8-3/h18-19,21-22,26-29,54-55H,6-17,20,23-25,30-53H2,1-5H3/b21-18-,22-19?,28-26-,29-27?. The van der Waals surface area contributed by atoms with E-state index in [1.165, 1.54) is 89.9 Å². The van der Waals surface area contributed by atoms with Crippen LogP contribution < -0.4 is 0 Å². The van der Waals surface area contributed by atoms with Crippen LogP contribution in [-0.4, -0.2) is 81.6 Å². The van der Waals surface area contributed by atoms with E-state index in [0.29, 0.717) is 25.7 Å². The van der Waals surface area contributed by atoms with E-state index in [4.69, 9.17) is 23.7 Å². The molecule has 10 heteroatoms. The smallest absolute Gasteiger partial charge is 0.462 e. The highest BCUT2D eigenvalue weighted by Gasteiger charge is 2.29. The van der Waals surface area contributed by atoms with Crippen molar-refractivity contribution >= 4 is 24.1 Å². The van der Waals surface area contributed by atoms with E-state index in [1.54, 1.807) is 0 Å². The molecule has 0 aliphatic rings. The van der Waals surface area contributed by atoms with Gasteiger partial charge in [0.1, 0.15) is 13.2 Å². The van der Waals surface area contributed by atoms with E-state index in [2.05, 4.69) is 69.4 Å². The highest BCUT2D eigenvalue weighted by molar-refractivity contribution is 5.77. The topological polar surface area (TPSA) is 118 Å². The number of hydrogen-bond donors (Lipinski definition) is 0. The largest absolute Gasteiger partial charge is 0.509 e. The first-order chi connectivity index (χ1) is 33.7. The summed E-state index contributed by atoms with van der Waals surface area (Å²) in [6.45, 7) is 7.06. The molecule has 10 nitrogen and oxygen atoms in total. The summed E-state index contributed by atoms with van der Waals surface area (Å²) in [7, 11) is 3.88. The van der Waals surface area contributed by atoms with E-state index in [0.717, 1.165) is 103 Å². The van der Waals surface area contributed by atoms with Gasteiger partial charge in [0.2, 0.25) is 6.10 Å². The van der Waals surface area contributed by atoms with Gasteiger partial charge in [-0.05, 0) is 110 Å². The molecular weight excluding hydrogens is 867 g/mol. The Bertz CT molecular complexity index is 1250. The first kappa shape index (κ1) is 65.6. The Balaban J connectivity index is 5.16. The van der Waals surface area contributed by atoms with Gasteiger partial charge in [0.05, 0.1) is 6.61 Å². The monoisotopic (exact) mass is 972 g/mol. The summed E-state index contributed by atoms with van der Waals surface area (Å²) in [5.74, 6) is -1.55. The molecule has 0 aromatic heterocycles.